The van der Waals surface area contributed by atoms with Gasteiger partial charge in [0.2, 0.25) is 0 Å². The van der Waals surface area contributed by atoms with Crippen LogP contribution in [0, 0.1) is 5.92 Å². The second-order valence-corrected chi connectivity index (χ2v) is 8.43. The Balaban J connectivity index is 3.06. The molecule has 7 nitrogen and oxygen atoms in total. The smallest absolute Gasteiger partial charge is 0.324 e. The van der Waals surface area contributed by atoms with E-state index in [4.69, 9.17) is 14.7 Å². The van der Waals surface area contributed by atoms with Crippen LogP contribution in [0.4, 0.5) is 0 Å². The predicted molar refractivity (Wildman–Crippen MR) is 69.1 cm³/mol. The minimum Gasteiger partial charge on any atom is -0.324 e. The zero-order valence-corrected chi connectivity index (χ0v) is 12.1. The molecule has 0 saturated heterocycles. The van der Waals surface area contributed by atoms with Gasteiger partial charge in [-0.25, -0.2) is 4.79 Å². The summed E-state index contributed by atoms with van der Waals surface area (Å²) in [5.41, 5.74) is -3.46. The highest BCUT2D eigenvalue weighted by Crippen LogP contribution is 2.58. The van der Waals surface area contributed by atoms with E-state index < -0.39 is 37.9 Å². The normalized spacial score (nSPS) is 27.9. The maximum atomic E-state index is 11.6. The van der Waals surface area contributed by atoms with Gasteiger partial charge in [-0.2, -0.15) is 27.3 Å². The molecule has 5 N–H and O–H groups in total. The second-order valence-electron chi connectivity index (χ2n) is 4.46. The molecule has 0 radical (unpaired) electrons. The van der Waals surface area contributed by atoms with Gasteiger partial charge >= 0.3 is 21.1 Å². The molecule has 0 amide bonds. The van der Waals surface area contributed by atoms with Crippen LogP contribution in [0.1, 0.15) is 25.7 Å². The molecule has 1 aliphatic carbocycles. The summed E-state index contributed by atoms with van der Waals surface area (Å²) >= 11 is 4.19. The summed E-state index contributed by atoms with van der Waals surface area (Å²) in [5, 5.41) is -0.410. The largest absolute Gasteiger partial charge is 0.479 e. The lowest BCUT2D eigenvalue weighted by molar-refractivity contribution is -0.115. The van der Waals surface area contributed by atoms with Gasteiger partial charge in [0.25, 0.3) is 0 Å². The number of thiol groups is 1. The molecular formula is C8H17O7P2S+. The monoisotopic (exact) mass is 319 g/mol. The van der Waals surface area contributed by atoms with Gasteiger partial charge in [-0.15, -0.1) is 0 Å². The summed E-state index contributed by atoms with van der Waals surface area (Å²) in [6, 6.07) is 0. The van der Waals surface area contributed by atoms with Crippen molar-refractivity contribution < 1.29 is 33.8 Å². The van der Waals surface area contributed by atoms with Gasteiger partial charge in [0, 0.05) is 5.25 Å². The first-order valence-corrected chi connectivity index (χ1v) is 9.24. The molecule has 10 heteroatoms. The van der Waals surface area contributed by atoms with Crippen LogP contribution < -0.4 is 0 Å². The number of hydrogen-bond acceptors (Lipinski definition) is 6. The number of carbonyl (C=O) groups is 1. The van der Waals surface area contributed by atoms with Gasteiger partial charge in [-0.1, -0.05) is 12.8 Å². The minimum absolute atomic E-state index is 0.357. The molecular weight excluding hydrogens is 302 g/mol. The third-order valence-corrected chi connectivity index (χ3v) is 6.15. The summed E-state index contributed by atoms with van der Waals surface area (Å²) in [6.45, 7) is 0. The van der Waals surface area contributed by atoms with Gasteiger partial charge in [-0.05, 0) is 18.8 Å². The van der Waals surface area contributed by atoms with Gasteiger partial charge in [-0.3, -0.25) is 4.57 Å². The van der Waals surface area contributed by atoms with Crippen molar-refractivity contribution in [3.8, 4) is 0 Å². The van der Waals surface area contributed by atoms with E-state index in [0.717, 1.165) is 6.42 Å². The summed E-state index contributed by atoms with van der Waals surface area (Å²) in [4.78, 5) is 56.9. The Morgan fingerprint density at radius 2 is 1.72 bits per heavy atom. The van der Waals surface area contributed by atoms with Gasteiger partial charge < -0.3 is 9.79 Å². The van der Waals surface area contributed by atoms with E-state index in [1.54, 1.807) is 0 Å². The van der Waals surface area contributed by atoms with Crippen LogP contribution in [0.5, 0.6) is 0 Å². The molecule has 0 bridgehead atoms. The quantitative estimate of drug-likeness (QED) is 0.324. The van der Waals surface area contributed by atoms with Crippen molar-refractivity contribution in [1.29, 1.82) is 0 Å². The Labute approximate surface area is 110 Å². The molecule has 0 heterocycles. The Bertz CT molecular complexity index is 363. The number of hydrogen-bond donors (Lipinski definition) is 6. The zero-order chi connectivity index (χ0) is 14.1. The first-order chi connectivity index (χ1) is 8.05. The summed E-state index contributed by atoms with van der Waals surface area (Å²) in [5.74, 6) is -0.763. The Hall–Kier alpha value is 0.480. The molecule has 0 aromatic rings. The van der Waals surface area contributed by atoms with Crippen LogP contribution in [0.25, 0.3) is 0 Å². The molecule has 1 aliphatic rings. The van der Waals surface area contributed by atoms with E-state index in [1.807, 2.05) is 0 Å². The van der Waals surface area contributed by atoms with Crippen molar-refractivity contribution in [1.82, 2.24) is 0 Å². The van der Waals surface area contributed by atoms with E-state index in [2.05, 4.69) is 12.6 Å². The van der Waals surface area contributed by atoms with Crippen molar-refractivity contribution in [3.05, 3.63) is 0 Å². The topological polar surface area (TPSA) is 135 Å². The second kappa shape index (κ2) is 5.85. The van der Waals surface area contributed by atoms with Crippen molar-refractivity contribution in [2.45, 2.75) is 36.6 Å². The molecule has 1 saturated carbocycles. The Kier molecular flexibility index (Phi) is 5.38. The Morgan fingerprint density at radius 1 is 1.22 bits per heavy atom. The number of carbonyl (C=O) groups excluding carboxylic acids is 1. The third-order valence-electron chi connectivity index (χ3n) is 3.10. The molecule has 106 valence electrons. The highest BCUT2D eigenvalue weighted by Gasteiger charge is 2.58. The van der Waals surface area contributed by atoms with Crippen LogP contribution >= 0.6 is 28.2 Å². The van der Waals surface area contributed by atoms with E-state index in [0.29, 0.717) is 19.3 Å². The van der Waals surface area contributed by atoms with Crippen LogP contribution in [0.2, 0.25) is 0 Å². The van der Waals surface area contributed by atoms with Gasteiger partial charge in [0.05, 0.1) is 0 Å². The fourth-order valence-electron chi connectivity index (χ4n) is 2.26. The molecule has 18 heavy (non-hydrogen) atoms. The maximum absolute atomic E-state index is 11.6. The predicted octanol–water partition coefficient (Wildman–Crippen LogP) is 0.287. The van der Waals surface area contributed by atoms with Crippen LogP contribution in [0.15, 0.2) is 0 Å². The fraction of sp³-hybridized carbons (Fsp3) is 0.875. The van der Waals surface area contributed by atoms with Gasteiger partial charge in [0.15, 0.2) is 5.66 Å². The first-order valence-electron chi connectivity index (χ1n) is 5.40. The van der Waals surface area contributed by atoms with E-state index in [1.165, 1.54) is 0 Å². The standard InChI is InChI=1S/C8H16O7P2S/c9-8(17(13,14)15)7(16(10,11)12)5-3-1-2-4-6(5)18/h5-7,13-15H,1-4H2,(H2-,10,11,12,18)/p+1. The molecule has 1 rings (SSSR count). The van der Waals surface area contributed by atoms with Crippen molar-refractivity contribution in [2.24, 2.45) is 5.92 Å². The first kappa shape index (κ1) is 16.5. The lowest BCUT2D eigenvalue weighted by Gasteiger charge is -2.32. The molecule has 3 unspecified atom stereocenters. The van der Waals surface area contributed by atoms with E-state index in [9.17, 15) is 19.1 Å². The lowest BCUT2D eigenvalue weighted by atomic mass is 9.86. The minimum atomic E-state index is -4.92. The molecule has 0 spiro atoms. The molecule has 0 aliphatic heterocycles. The Morgan fingerprint density at radius 3 is 2.11 bits per heavy atom. The molecule has 1 fully saturated rings. The summed E-state index contributed by atoms with van der Waals surface area (Å²) in [6.07, 6.45) is 2.46. The van der Waals surface area contributed by atoms with Crippen LogP contribution in [-0.4, -0.2) is 40.9 Å². The van der Waals surface area contributed by atoms with E-state index >= 15 is 0 Å². The third kappa shape index (κ3) is 3.99. The lowest BCUT2D eigenvalue weighted by Crippen LogP contribution is -2.38. The van der Waals surface area contributed by atoms with Gasteiger partial charge in [0.1, 0.15) is 0 Å². The fourth-order valence-corrected chi connectivity index (χ4v) is 5.51. The van der Waals surface area contributed by atoms with Crippen molar-refractivity contribution in [2.75, 3.05) is 0 Å². The van der Waals surface area contributed by atoms with Crippen LogP contribution in [-0.2, 0) is 9.36 Å². The average molecular weight is 319 g/mol. The SMILES string of the molecule is O=C(C(C1CCCCC1S)P(=O)(O)O)[P+](O)(O)O. The van der Waals surface area contributed by atoms with Crippen molar-refractivity contribution in [3.63, 3.8) is 0 Å². The summed E-state index contributed by atoms with van der Waals surface area (Å²) < 4.78 is 11.4. The van der Waals surface area contributed by atoms with Crippen LogP contribution in [0.3, 0.4) is 0 Å². The highest BCUT2D eigenvalue weighted by molar-refractivity contribution is 7.81. The van der Waals surface area contributed by atoms with Crippen molar-refractivity contribution >= 4 is 33.7 Å². The number of rotatable bonds is 4. The summed E-state index contributed by atoms with van der Waals surface area (Å²) in [7, 11) is -9.80. The molecule has 0 aromatic carbocycles. The maximum Gasteiger partial charge on any atom is 0.479 e. The van der Waals surface area contributed by atoms with E-state index in [-0.39, 0.29) is 0 Å². The average Bonchev–Trinajstić information content (AvgIpc) is 2.17. The molecule has 0 aromatic heterocycles. The zero-order valence-electron chi connectivity index (χ0n) is 9.45. The molecule has 3 atom stereocenters. The highest BCUT2D eigenvalue weighted by atomic mass is 32.1.